The van der Waals surface area contributed by atoms with Gasteiger partial charge in [-0.3, -0.25) is 4.90 Å². The summed E-state index contributed by atoms with van der Waals surface area (Å²) in [7, 11) is 2.02. The van der Waals surface area contributed by atoms with Crippen molar-refractivity contribution in [2.45, 2.75) is 0 Å². The van der Waals surface area contributed by atoms with Crippen LogP contribution in [0.25, 0.3) is 0 Å². The summed E-state index contributed by atoms with van der Waals surface area (Å²) in [6.45, 7) is 9.13. The standard InChI is InChI=1S/C7H12BrN/c1-4-5-9(3)6-7(2)8/h4H,1-2,5-6H2,3H3. The fraction of sp³-hybridized carbons (Fsp3) is 0.429. The van der Waals surface area contributed by atoms with E-state index in [1.807, 2.05) is 13.1 Å². The second-order valence-electron chi connectivity index (χ2n) is 2.00. The largest absolute Gasteiger partial charge is 0.298 e. The van der Waals surface area contributed by atoms with E-state index < -0.39 is 0 Å². The summed E-state index contributed by atoms with van der Waals surface area (Å²) in [6, 6.07) is 0. The van der Waals surface area contributed by atoms with Gasteiger partial charge in [0.15, 0.2) is 0 Å². The second kappa shape index (κ2) is 4.77. The van der Waals surface area contributed by atoms with Gasteiger partial charge in [0.05, 0.1) is 0 Å². The first-order chi connectivity index (χ1) is 4.16. The molecule has 0 aliphatic heterocycles. The topological polar surface area (TPSA) is 3.24 Å². The van der Waals surface area contributed by atoms with Crippen molar-refractivity contribution in [1.29, 1.82) is 0 Å². The van der Waals surface area contributed by atoms with Gasteiger partial charge in [-0.05, 0) is 7.05 Å². The molecule has 2 heteroatoms. The number of nitrogens with zero attached hydrogens (tertiary/aromatic N) is 1. The van der Waals surface area contributed by atoms with E-state index in [-0.39, 0.29) is 0 Å². The van der Waals surface area contributed by atoms with Crippen molar-refractivity contribution in [2.24, 2.45) is 0 Å². The highest BCUT2D eigenvalue weighted by molar-refractivity contribution is 9.11. The molecule has 0 bridgehead atoms. The van der Waals surface area contributed by atoms with Crippen molar-refractivity contribution < 1.29 is 0 Å². The molecule has 9 heavy (non-hydrogen) atoms. The van der Waals surface area contributed by atoms with E-state index in [0.717, 1.165) is 17.6 Å². The first-order valence-corrected chi connectivity index (χ1v) is 3.59. The number of hydrogen-bond donors (Lipinski definition) is 0. The molecular formula is C7H12BrN. The second-order valence-corrected chi connectivity index (χ2v) is 3.12. The lowest BCUT2D eigenvalue weighted by atomic mass is 10.5. The van der Waals surface area contributed by atoms with Crippen LogP contribution in [0.15, 0.2) is 23.7 Å². The smallest absolute Gasteiger partial charge is 0.0294 e. The van der Waals surface area contributed by atoms with Gasteiger partial charge in [-0.15, -0.1) is 6.58 Å². The van der Waals surface area contributed by atoms with E-state index in [1.54, 1.807) is 0 Å². The van der Waals surface area contributed by atoms with Crippen molar-refractivity contribution in [3.63, 3.8) is 0 Å². The lowest BCUT2D eigenvalue weighted by molar-refractivity contribution is 0.411. The van der Waals surface area contributed by atoms with Crippen molar-refractivity contribution >= 4 is 15.9 Å². The van der Waals surface area contributed by atoms with Gasteiger partial charge < -0.3 is 0 Å². The van der Waals surface area contributed by atoms with Crippen molar-refractivity contribution in [3.8, 4) is 0 Å². The van der Waals surface area contributed by atoms with Gasteiger partial charge in [0.2, 0.25) is 0 Å². The van der Waals surface area contributed by atoms with E-state index >= 15 is 0 Å². The van der Waals surface area contributed by atoms with Gasteiger partial charge in [-0.25, -0.2) is 0 Å². The van der Waals surface area contributed by atoms with Crippen molar-refractivity contribution in [3.05, 3.63) is 23.7 Å². The minimum atomic E-state index is 0.881. The molecule has 0 radical (unpaired) electrons. The van der Waals surface area contributed by atoms with Gasteiger partial charge >= 0.3 is 0 Å². The zero-order chi connectivity index (χ0) is 7.28. The molecule has 1 nitrogen and oxygen atoms in total. The molecule has 0 unspecified atom stereocenters. The van der Waals surface area contributed by atoms with Crippen LogP contribution in [-0.2, 0) is 0 Å². The van der Waals surface area contributed by atoms with Gasteiger partial charge in [0.1, 0.15) is 0 Å². The number of halogens is 1. The van der Waals surface area contributed by atoms with E-state index in [9.17, 15) is 0 Å². The highest BCUT2D eigenvalue weighted by Gasteiger charge is 1.93. The average Bonchev–Trinajstić information content (AvgIpc) is 1.63. The highest BCUT2D eigenvalue weighted by Crippen LogP contribution is 2.01. The summed E-state index contributed by atoms with van der Waals surface area (Å²) in [6.07, 6.45) is 1.87. The Morgan fingerprint density at radius 2 is 2.33 bits per heavy atom. The van der Waals surface area contributed by atoms with Crippen LogP contribution in [0.4, 0.5) is 0 Å². The summed E-state index contributed by atoms with van der Waals surface area (Å²) in [5, 5.41) is 0. The molecule has 0 heterocycles. The molecule has 52 valence electrons. The maximum atomic E-state index is 3.72. The SMILES string of the molecule is C=CCN(C)CC(=C)Br. The van der Waals surface area contributed by atoms with E-state index in [1.165, 1.54) is 0 Å². The molecule has 0 aromatic heterocycles. The van der Waals surface area contributed by atoms with E-state index in [0.29, 0.717) is 0 Å². The molecule has 0 atom stereocenters. The average molecular weight is 190 g/mol. The molecular weight excluding hydrogens is 178 g/mol. The Balaban J connectivity index is 3.37. The van der Waals surface area contributed by atoms with Gasteiger partial charge in [-0.2, -0.15) is 0 Å². The lowest BCUT2D eigenvalue weighted by Crippen LogP contribution is -2.18. The fourth-order valence-electron chi connectivity index (χ4n) is 0.578. The van der Waals surface area contributed by atoms with Crippen LogP contribution >= 0.6 is 15.9 Å². The molecule has 0 aliphatic carbocycles. The van der Waals surface area contributed by atoms with Gasteiger partial charge in [0.25, 0.3) is 0 Å². The predicted octanol–water partition coefficient (Wildman–Crippen LogP) is 2.01. The third-order valence-corrected chi connectivity index (χ3v) is 1.13. The maximum absolute atomic E-state index is 3.72. The monoisotopic (exact) mass is 189 g/mol. The Labute approximate surface area is 65.2 Å². The third kappa shape index (κ3) is 5.80. The minimum Gasteiger partial charge on any atom is -0.298 e. The third-order valence-electron chi connectivity index (χ3n) is 0.882. The molecule has 0 fully saturated rings. The summed E-state index contributed by atoms with van der Waals surface area (Å²) in [4.78, 5) is 2.12. The Morgan fingerprint density at radius 1 is 1.78 bits per heavy atom. The van der Waals surface area contributed by atoms with Gasteiger partial charge in [-0.1, -0.05) is 28.6 Å². The fourth-order valence-corrected chi connectivity index (χ4v) is 1.01. The molecule has 0 N–H and O–H groups in total. The Morgan fingerprint density at radius 3 is 2.67 bits per heavy atom. The molecule has 0 saturated heterocycles. The Hall–Kier alpha value is -0.0800. The van der Waals surface area contributed by atoms with Crippen LogP contribution in [0.5, 0.6) is 0 Å². The number of hydrogen-bond acceptors (Lipinski definition) is 1. The minimum absolute atomic E-state index is 0.881. The molecule has 0 aliphatic rings. The van der Waals surface area contributed by atoms with E-state index in [4.69, 9.17) is 0 Å². The quantitative estimate of drug-likeness (QED) is 0.613. The zero-order valence-corrected chi connectivity index (χ0v) is 7.32. The number of rotatable bonds is 4. The molecule has 0 amide bonds. The summed E-state index contributed by atoms with van der Waals surface area (Å²) in [5.74, 6) is 0. The number of likely N-dealkylation sites (N-methyl/N-ethyl adjacent to an activating group) is 1. The molecule has 0 saturated carbocycles. The van der Waals surface area contributed by atoms with Crippen LogP contribution < -0.4 is 0 Å². The van der Waals surface area contributed by atoms with Gasteiger partial charge in [0, 0.05) is 17.6 Å². The van der Waals surface area contributed by atoms with Crippen LogP contribution in [0.1, 0.15) is 0 Å². The van der Waals surface area contributed by atoms with Crippen molar-refractivity contribution in [1.82, 2.24) is 4.90 Å². The first kappa shape index (κ1) is 8.92. The predicted molar refractivity (Wildman–Crippen MR) is 45.8 cm³/mol. The van der Waals surface area contributed by atoms with E-state index in [2.05, 4.69) is 34.0 Å². The van der Waals surface area contributed by atoms with Crippen LogP contribution in [-0.4, -0.2) is 25.0 Å². The van der Waals surface area contributed by atoms with Crippen molar-refractivity contribution in [2.75, 3.05) is 20.1 Å². The Kier molecular flexibility index (Phi) is 4.72. The molecule has 0 aromatic rings. The summed E-state index contributed by atoms with van der Waals surface area (Å²) >= 11 is 3.27. The normalized spacial score (nSPS) is 9.67. The highest BCUT2D eigenvalue weighted by atomic mass is 79.9. The van der Waals surface area contributed by atoms with Crippen LogP contribution in [0, 0.1) is 0 Å². The lowest BCUT2D eigenvalue weighted by Gasteiger charge is -2.11. The zero-order valence-electron chi connectivity index (χ0n) is 5.73. The summed E-state index contributed by atoms with van der Waals surface area (Å²) in [5.41, 5.74) is 0. The maximum Gasteiger partial charge on any atom is 0.0294 e. The molecule has 0 spiro atoms. The van der Waals surface area contributed by atoms with Crippen LogP contribution in [0.2, 0.25) is 0 Å². The molecule has 0 aromatic carbocycles. The molecule has 0 rings (SSSR count). The van der Waals surface area contributed by atoms with Crippen LogP contribution in [0.3, 0.4) is 0 Å². The Bertz CT molecular complexity index is 109. The summed E-state index contributed by atoms with van der Waals surface area (Å²) < 4.78 is 1.01. The first-order valence-electron chi connectivity index (χ1n) is 2.79.